The van der Waals surface area contributed by atoms with Gasteiger partial charge in [-0.3, -0.25) is 0 Å². The lowest BCUT2D eigenvalue weighted by Crippen LogP contribution is -2.41. The van der Waals surface area contributed by atoms with Crippen LogP contribution >= 0.6 is 0 Å². The van der Waals surface area contributed by atoms with Crippen LogP contribution in [0, 0.1) is 35.0 Å². The van der Waals surface area contributed by atoms with E-state index in [1.54, 1.807) is 0 Å². The minimum atomic E-state index is -0.779. The third kappa shape index (κ3) is 7.78. The molecule has 19 rings (SSSR count). The molecule has 5 heterocycles. The van der Waals surface area contributed by atoms with E-state index in [0.29, 0.717) is 5.56 Å². The number of nitrogens with zero attached hydrogens (tertiary/aromatic N) is 3. The molecule has 90 heavy (non-hydrogen) atoms. The minimum absolute atomic E-state index is 0.109. The van der Waals surface area contributed by atoms with Gasteiger partial charge in [0.05, 0.1) is 56.6 Å². The number of hydrogen-bond donors (Lipinski definition) is 2. The first-order valence-corrected chi connectivity index (χ1v) is 31.3. The third-order valence-electron chi connectivity index (χ3n) is 19.8. The van der Waals surface area contributed by atoms with Gasteiger partial charge in [-0.2, -0.15) is 5.26 Å². The highest BCUT2D eigenvalue weighted by atomic mass is 14.8. The number of hydrogen-bond acceptors (Lipinski definition) is 3. The first-order valence-electron chi connectivity index (χ1n) is 31.3. The number of nitriles is 1. The molecular formula is C85H61N5. The topological polar surface area (TPSA) is 81.2 Å². The fourth-order valence-electron chi connectivity index (χ4n) is 15.6. The summed E-state index contributed by atoms with van der Waals surface area (Å²) >= 11 is 0. The Balaban J connectivity index is 1.00. The molecule has 0 atom stereocenters. The van der Waals surface area contributed by atoms with Crippen LogP contribution in [0.1, 0.15) is 171 Å². The Morgan fingerprint density at radius 2 is 0.689 bits per heavy atom. The van der Waals surface area contributed by atoms with Gasteiger partial charge in [0.1, 0.15) is 10.8 Å². The minimum Gasteiger partial charge on any atom is -0.354 e. The van der Waals surface area contributed by atoms with E-state index in [-0.39, 0.29) is 22.7 Å². The molecule has 0 saturated carbocycles. The molecule has 0 amide bonds. The Morgan fingerprint density at radius 3 is 1.03 bits per heavy atom. The maximum Gasteiger partial charge on any atom is 0.107 e. The summed E-state index contributed by atoms with van der Waals surface area (Å²) < 4.78 is 0. The van der Waals surface area contributed by atoms with Crippen molar-refractivity contribution in [1.29, 1.82) is 5.26 Å². The summed E-state index contributed by atoms with van der Waals surface area (Å²) in [6, 6.07) is 79.3. The van der Waals surface area contributed by atoms with Crippen LogP contribution < -0.4 is 0 Å². The molecule has 5 heteroatoms. The molecule has 6 aliphatic carbocycles. The average Bonchev–Trinajstić information content (AvgIpc) is 0.933. The zero-order valence-corrected chi connectivity index (χ0v) is 51.0. The predicted octanol–water partition coefficient (Wildman–Crippen LogP) is 18.8. The van der Waals surface area contributed by atoms with Crippen LogP contribution in [-0.2, 0) is 21.7 Å². The van der Waals surface area contributed by atoms with E-state index in [9.17, 15) is 5.26 Å². The van der Waals surface area contributed by atoms with E-state index in [4.69, 9.17) is 9.97 Å². The largest absolute Gasteiger partial charge is 0.354 e. The molecule has 12 bridgehead atoms. The first-order chi connectivity index (χ1) is 43.8. The Bertz CT molecular complexity index is 4950. The first kappa shape index (κ1) is 53.2. The number of rotatable bonds is 2. The van der Waals surface area contributed by atoms with Crippen LogP contribution in [0.5, 0.6) is 0 Å². The summed E-state index contributed by atoms with van der Waals surface area (Å²) in [5.74, 6) is 16.3. The summed E-state index contributed by atoms with van der Waals surface area (Å²) in [6.45, 7) is 13.8. The van der Waals surface area contributed by atoms with Gasteiger partial charge in [0, 0.05) is 34.0 Å². The van der Waals surface area contributed by atoms with Crippen molar-refractivity contribution in [1.82, 2.24) is 19.9 Å². The monoisotopic (exact) mass is 1150 g/mol. The van der Waals surface area contributed by atoms with Crippen LogP contribution in [-0.4, -0.2) is 19.9 Å². The number of benzene rings is 8. The van der Waals surface area contributed by atoms with E-state index in [2.05, 4.69) is 294 Å². The van der Waals surface area contributed by atoms with Gasteiger partial charge >= 0.3 is 0 Å². The summed E-state index contributed by atoms with van der Waals surface area (Å²) in [7, 11) is 0. The van der Waals surface area contributed by atoms with Crippen molar-refractivity contribution in [3.8, 4) is 52.0 Å². The standard InChI is InChI=1S/C85H61N5/c1-82(2,3)54-47-53(48-55(49-54)83(4,5)6)79-76-41-37-72(89-76)62(43-45-84-64-25-13-7-19-56(64)80(57-20-8-14-26-65(57)84)58-21-9-15-27-66(58)84)70-35-39-74(87-70)78(52-33-31-51(50-86)32-34-52)75-40-36-71(88-75)63(73-38-42-77(79)90-73)44-46-85-67-28-16-10-22-59(67)81(60-23-11-17-29-68(60)85)61-24-12-18-30-69(61)85/h7-42,47-49,80-81,87,90H,1-6H3. The van der Waals surface area contributed by atoms with Gasteiger partial charge in [-0.05, 0) is 161 Å². The van der Waals surface area contributed by atoms with Crippen molar-refractivity contribution in [2.75, 3.05) is 0 Å². The molecule has 5 nitrogen and oxygen atoms in total. The molecule has 426 valence electrons. The number of H-pyrrole nitrogens is 2. The fourth-order valence-corrected chi connectivity index (χ4v) is 15.6. The second-order valence-electron chi connectivity index (χ2n) is 26.9. The molecular weight excluding hydrogens is 1090 g/mol. The lowest BCUT2D eigenvalue weighted by atomic mass is 9.53. The lowest BCUT2D eigenvalue weighted by molar-refractivity contribution is 0.569. The van der Waals surface area contributed by atoms with Crippen LogP contribution in [0.4, 0.5) is 0 Å². The van der Waals surface area contributed by atoms with Crippen molar-refractivity contribution in [3.05, 3.63) is 330 Å². The van der Waals surface area contributed by atoms with Gasteiger partial charge < -0.3 is 9.97 Å². The zero-order chi connectivity index (χ0) is 60.8. The molecule has 8 aromatic carbocycles. The van der Waals surface area contributed by atoms with Crippen molar-refractivity contribution in [2.45, 2.75) is 75.0 Å². The Labute approximate surface area is 525 Å². The molecule has 0 radical (unpaired) electrons. The number of aromatic amines is 2. The quantitative estimate of drug-likeness (QED) is 0.169. The molecule has 0 spiro atoms. The van der Waals surface area contributed by atoms with Crippen molar-refractivity contribution >= 4 is 46.4 Å². The molecule has 8 aliphatic rings. The summed E-state index contributed by atoms with van der Waals surface area (Å²) in [5.41, 5.74) is 28.0. The molecule has 0 unspecified atom stereocenters. The highest BCUT2D eigenvalue weighted by Crippen LogP contribution is 2.60. The van der Waals surface area contributed by atoms with Crippen LogP contribution in [0.15, 0.2) is 212 Å². The van der Waals surface area contributed by atoms with E-state index >= 15 is 0 Å². The summed E-state index contributed by atoms with van der Waals surface area (Å²) in [5, 5.41) is 10.1. The predicted molar refractivity (Wildman–Crippen MR) is 366 cm³/mol. The van der Waals surface area contributed by atoms with Crippen LogP contribution in [0.25, 0.3) is 68.6 Å². The second kappa shape index (κ2) is 19.5. The van der Waals surface area contributed by atoms with E-state index < -0.39 is 10.8 Å². The highest BCUT2D eigenvalue weighted by Gasteiger charge is 2.52. The van der Waals surface area contributed by atoms with E-state index in [1.165, 1.54) is 77.9 Å². The van der Waals surface area contributed by atoms with Crippen LogP contribution in [0.2, 0.25) is 0 Å². The van der Waals surface area contributed by atoms with E-state index in [1.807, 2.05) is 24.3 Å². The smallest absolute Gasteiger partial charge is 0.107 e. The Hall–Kier alpha value is -11.0. The second-order valence-corrected chi connectivity index (χ2v) is 26.9. The Kier molecular flexibility index (Phi) is 11.5. The third-order valence-corrected chi connectivity index (χ3v) is 19.8. The molecule has 11 aromatic rings. The van der Waals surface area contributed by atoms with Gasteiger partial charge in [0.2, 0.25) is 0 Å². The van der Waals surface area contributed by atoms with Gasteiger partial charge in [0.15, 0.2) is 0 Å². The molecule has 2 N–H and O–H groups in total. The molecule has 2 aliphatic heterocycles. The number of nitrogens with one attached hydrogen (secondary N) is 2. The number of fused-ring (bicyclic) bond motifs is 8. The van der Waals surface area contributed by atoms with Gasteiger partial charge in [-0.1, -0.05) is 241 Å². The maximum atomic E-state index is 10.1. The molecule has 0 saturated heterocycles. The zero-order valence-electron chi connectivity index (χ0n) is 51.0. The fraction of sp³-hybridized carbons (Fsp3) is 0.141. The number of aromatic nitrogens is 4. The van der Waals surface area contributed by atoms with Crippen molar-refractivity contribution in [3.63, 3.8) is 0 Å². The van der Waals surface area contributed by atoms with Gasteiger partial charge in [-0.25, -0.2) is 9.97 Å². The van der Waals surface area contributed by atoms with Gasteiger partial charge in [-0.15, -0.1) is 0 Å². The average molecular weight is 1150 g/mol. The van der Waals surface area contributed by atoms with Crippen LogP contribution in [0.3, 0.4) is 0 Å². The highest BCUT2D eigenvalue weighted by molar-refractivity contribution is 5.96. The normalized spacial score (nSPS) is 18.1. The van der Waals surface area contributed by atoms with Crippen molar-refractivity contribution < 1.29 is 0 Å². The lowest BCUT2D eigenvalue weighted by Gasteiger charge is -2.48. The molecule has 0 fully saturated rings. The SMILES string of the molecule is CC(C)(C)c1cc(-c2c3nc(c(C#CC45c6ccccc6C(c6ccccc64)c4ccccc45)c4ccc([nH]4)c(-c4ccc(C#N)cc4)c4nc(c(C#CC56c7ccccc7C(c7ccccc75)c5ccccc56)c5ccc2[nH]5)C=C4)C=C3)cc(C(C)(C)C)c1. The van der Waals surface area contributed by atoms with Crippen molar-refractivity contribution in [2.24, 2.45) is 0 Å². The van der Waals surface area contributed by atoms with Gasteiger partial charge in [0.25, 0.3) is 0 Å². The summed E-state index contributed by atoms with van der Waals surface area (Å²) in [6.07, 6.45) is 8.55. The summed E-state index contributed by atoms with van der Waals surface area (Å²) in [4.78, 5) is 19.5. The van der Waals surface area contributed by atoms with E-state index in [0.717, 1.165) is 78.2 Å². The maximum absolute atomic E-state index is 10.1. The molecule has 3 aromatic heterocycles. The Morgan fingerprint density at radius 1 is 0.367 bits per heavy atom.